The molecule has 31 heavy (non-hydrogen) atoms. The molecule has 1 atom stereocenters. The van der Waals surface area contributed by atoms with Crippen LogP contribution in [0.2, 0.25) is 0 Å². The Balaban J connectivity index is 1.62. The van der Waals surface area contributed by atoms with Crippen LogP contribution in [-0.2, 0) is 20.7 Å². The van der Waals surface area contributed by atoms with E-state index in [1.165, 1.54) is 6.92 Å². The smallest absolute Gasteiger partial charge is 0.375 e. The number of nitrogens with one attached hydrogen (secondary N) is 1. The predicted octanol–water partition coefficient (Wildman–Crippen LogP) is 3.61. The van der Waals surface area contributed by atoms with Gasteiger partial charge in [0, 0.05) is 10.9 Å². The lowest BCUT2D eigenvalue weighted by Gasteiger charge is -2.16. The van der Waals surface area contributed by atoms with E-state index in [-0.39, 0.29) is 11.5 Å². The van der Waals surface area contributed by atoms with Crippen molar-refractivity contribution in [2.45, 2.75) is 33.2 Å². The maximum absolute atomic E-state index is 12.5. The second-order valence-electron chi connectivity index (χ2n) is 7.14. The Morgan fingerprint density at radius 2 is 1.84 bits per heavy atom. The fraction of sp³-hybridized carbons (Fsp3) is 0.292. The van der Waals surface area contributed by atoms with E-state index in [4.69, 9.17) is 13.9 Å². The molecule has 0 fully saturated rings. The van der Waals surface area contributed by atoms with Crippen LogP contribution in [-0.4, -0.2) is 36.9 Å². The standard InChI is InChI=1S/C24H25NO6/c1-4-29-18-10-11-21-19(13-18)15(2)23(31-21)24(28)30-14-22(27)25-20(16(3)26)12-17-8-6-5-7-9-17/h5-11,13,20H,4,12,14H2,1-3H3,(H,25,27)/t20-/m1/s1. The number of ether oxygens (including phenoxy) is 2. The van der Waals surface area contributed by atoms with E-state index in [0.717, 1.165) is 10.9 Å². The molecule has 0 aliphatic heterocycles. The van der Waals surface area contributed by atoms with Gasteiger partial charge in [-0.2, -0.15) is 0 Å². The molecular weight excluding hydrogens is 398 g/mol. The molecule has 1 N–H and O–H groups in total. The molecule has 7 nitrogen and oxygen atoms in total. The van der Waals surface area contributed by atoms with Gasteiger partial charge in [0.05, 0.1) is 12.6 Å². The Bertz CT molecular complexity index is 1090. The van der Waals surface area contributed by atoms with Gasteiger partial charge in [-0.1, -0.05) is 30.3 Å². The molecule has 7 heteroatoms. The summed E-state index contributed by atoms with van der Waals surface area (Å²) in [5.74, 6) is -0.779. The summed E-state index contributed by atoms with van der Waals surface area (Å²) >= 11 is 0. The molecule has 1 amide bonds. The topological polar surface area (TPSA) is 94.8 Å². The van der Waals surface area contributed by atoms with E-state index in [1.807, 2.05) is 37.3 Å². The first-order valence-corrected chi connectivity index (χ1v) is 10.1. The average molecular weight is 423 g/mol. The number of amides is 1. The molecule has 0 spiro atoms. The maximum atomic E-state index is 12.5. The molecule has 0 saturated carbocycles. The van der Waals surface area contributed by atoms with E-state index < -0.39 is 24.5 Å². The van der Waals surface area contributed by atoms with Crippen LogP contribution in [0.3, 0.4) is 0 Å². The van der Waals surface area contributed by atoms with Crippen LogP contribution in [0.1, 0.15) is 35.5 Å². The van der Waals surface area contributed by atoms with Gasteiger partial charge in [-0.15, -0.1) is 0 Å². The summed E-state index contributed by atoms with van der Waals surface area (Å²) in [5, 5.41) is 3.36. The lowest BCUT2D eigenvalue weighted by atomic mass is 10.0. The van der Waals surface area contributed by atoms with Gasteiger partial charge >= 0.3 is 5.97 Å². The van der Waals surface area contributed by atoms with Crippen molar-refractivity contribution in [1.29, 1.82) is 0 Å². The first kappa shape index (κ1) is 22.1. The van der Waals surface area contributed by atoms with Crippen LogP contribution in [0.5, 0.6) is 5.75 Å². The lowest BCUT2D eigenvalue weighted by molar-refractivity contribution is -0.128. The van der Waals surface area contributed by atoms with Crippen LogP contribution in [0.15, 0.2) is 52.9 Å². The van der Waals surface area contributed by atoms with Gasteiger partial charge in [0.15, 0.2) is 12.4 Å². The maximum Gasteiger partial charge on any atom is 0.375 e. The number of furan rings is 1. The van der Waals surface area contributed by atoms with Gasteiger partial charge in [-0.25, -0.2) is 4.79 Å². The molecule has 0 aliphatic rings. The predicted molar refractivity (Wildman–Crippen MR) is 115 cm³/mol. The van der Waals surface area contributed by atoms with E-state index in [2.05, 4.69) is 5.32 Å². The van der Waals surface area contributed by atoms with Crippen LogP contribution < -0.4 is 10.1 Å². The van der Waals surface area contributed by atoms with Gasteiger partial charge in [0.25, 0.3) is 5.91 Å². The number of hydrogen-bond acceptors (Lipinski definition) is 6. The average Bonchev–Trinajstić information content (AvgIpc) is 3.08. The van der Waals surface area contributed by atoms with Gasteiger partial charge in [-0.05, 0) is 51.0 Å². The Morgan fingerprint density at radius 3 is 2.52 bits per heavy atom. The molecule has 0 bridgehead atoms. The fourth-order valence-corrected chi connectivity index (χ4v) is 3.23. The molecule has 1 aromatic heterocycles. The number of rotatable bonds is 9. The SMILES string of the molecule is CCOc1ccc2oc(C(=O)OCC(=O)N[C@H](Cc3ccccc3)C(C)=O)c(C)c2c1. The Kier molecular flexibility index (Phi) is 7.07. The Labute approximate surface area is 180 Å². The lowest BCUT2D eigenvalue weighted by Crippen LogP contribution is -2.43. The normalized spacial score (nSPS) is 11.7. The fourth-order valence-electron chi connectivity index (χ4n) is 3.23. The highest BCUT2D eigenvalue weighted by atomic mass is 16.5. The third-order valence-electron chi connectivity index (χ3n) is 4.85. The third kappa shape index (κ3) is 5.51. The highest BCUT2D eigenvalue weighted by molar-refractivity contribution is 5.97. The van der Waals surface area contributed by atoms with E-state index >= 15 is 0 Å². The van der Waals surface area contributed by atoms with Crippen molar-refractivity contribution >= 4 is 28.6 Å². The molecule has 0 aliphatic carbocycles. The van der Waals surface area contributed by atoms with Crippen molar-refractivity contribution in [3.05, 3.63) is 65.4 Å². The van der Waals surface area contributed by atoms with Crippen molar-refractivity contribution in [2.75, 3.05) is 13.2 Å². The van der Waals surface area contributed by atoms with E-state index in [1.54, 1.807) is 25.1 Å². The minimum Gasteiger partial charge on any atom is -0.494 e. The number of carbonyl (C=O) groups is 3. The molecule has 162 valence electrons. The van der Waals surface area contributed by atoms with E-state index in [0.29, 0.717) is 29.9 Å². The minimum atomic E-state index is -0.746. The summed E-state index contributed by atoms with van der Waals surface area (Å²) in [5.41, 5.74) is 2.05. The second kappa shape index (κ2) is 9.93. The number of hydrogen-bond donors (Lipinski definition) is 1. The first-order valence-electron chi connectivity index (χ1n) is 10.1. The van der Waals surface area contributed by atoms with Crippen LogP contribution >= 0.6 is 0 Å². The number of benzene rings is 2. The zero-order valence-electron chi connectivity index (χ0n) is 17.8. The quantitative estimate of drug-likeness (QED) is 0.528. The first-order chi connectivity index (χ1) is 14.9. The monoisotopic (exact) mass is 423 g/mol. The van der Waals surface area contributed by atoms with Gasteiger partial charge < -0.3 is 19.2 Å². The minimum absolute atomic E-state index is 0.0313. The van der Waals surface area contributed by atoms with Crippen molar-refractivity contribution in [1.82, 2.24) is 5.32 Å². The van der Waals surface area contributed by atoms with E-state index in [9.17, 15) is 14.4 Å². The molecular formula is C24H25NO6. The van der Waals surface area contributed by atoms with Crippen molar-refractivity contribution in [2.24, 2.45) is 0 Å². The Morgan fingerprint density at radius 1 is 1.10 bits per heavy atom. The Hall–Kier alpha value is -3.61. The summed E-state index contributed by atoms with van der Waals surface area (Å²) in [6, 6.07) is 13.9. The highest BCUT2D eigenvalue weighted by Gasteiger charge is 2.22. The zero-order chi connectivity index (χ0) is 22.4. The summed E-state index contributed by atoms with van der Waals surface area (Å²) < 4.78 is 16.2. The molecule has 0 radical (unpaired) electrons. The van der Waals surface area contributed by atoms with Crippen LogP contribution in [0.4, 0.5) is 0 Å². The van der Waals surface area contributed by atoms with Crippen molar-refractivity contribution < 1.29 is 28.3 Å². The van der Waals surface area contributed by atoms with Crippen LogP contribution in [0.25, 0.3) is 11.0 Å². The number of ketones is 1. The summed E-state index contributed by atoms with van der Waals surface area (Å²) in [4.78, 5) is 36.7. The summed E-state index contributed by atoms with van der Waals surface area (Å²) in [6.07, 6.45) is 0.362. The van der Waals surface area contributed by atoms with Crippen LogP contribution in [0, 0.1) is 6.92 Å². The number of fused-ring (bicyclic) bond motifs is 1. The zero-order valence-corrected chi connectivity index (χ0v) is 17.8. The number of carbonyl (C=O) groups excluding carboxylic acids is 3. The molecule has 3 aromatic rings. The second-order valence-corrected chi connectivity index (χ2v) is 7.14. The largest absolute Gasteiger partial charge is 0.494 e. The van der Waals surface area contributed by atoms with Gasteiger partial charge in [0.2, 0.25) is 5.76 Å². The van der Waals surface area contributed by atoms with Crippen molar-refractivity contribution in [3.8, 4) is 5.75 Å². The molecule has 0 unspecified atom stereocenters. The molecule has 1 heterocycles. The summed E-state index contributed by atoms with van der Waals surface area (Å²) in [7, 11) is 0. The van der Waals surface area contributed by atoms with Gasteiger partial charge in [-0.3, -0.25) is 9.59 Å². The molecule has 0 saturated heterocycles. The molecule has 3 rings (SSSR count). The summed E-state index contributed by atoms with van der Waals surface area (Å²) in [6.45, 7) is 5.05. The highest BCUT2D eigenvalue weighted by Crippen LogP contribution is 2.29. The van der Waals surface area contributed by atoms with Gasteiger partial charge in [0.1, 0.15) is 11.3 Å². The number of esters is 1. The number of Topliss-reactive ketones (excluding diaryl/α,β-unsaturated/α-hetero) is 1. The molecule has 2 aromatic carbocycles. The third-order valence-corrected chi connectivity index (χ3v) is 4.85. The number of aryl methyl sites for hydroxylation is 1. The van der Waals surface area contributed by atoms with Crippen molar-refractivity contribution in [3.63, 3.8) is 0 Å².